The van der Waals surface area contributed by atoms with Crippen LogP contribution >= 0.6 is 0 Å². The van der Waals surface area contributed by atoms with Crippen LogP contribution < -0.4 is 4.74 Å². The monoisotopic (exact) mass is 615 g/mol. The van der Waals surface area contributed by atoms with Crippen LogP contribution in [0.2, 0.25) is 0 Å². The van der Waals surface area contributed by atoms with Gasteiger partial charge in [-0.15, -0.1) is 0 Å². The van der Waals surface area contributed by atoms with E-state index in [1.54, 1.807) is 27.7 Å². The summed E-state index contributed by atoms with van der Waals surface area (Å²) in [6.07, 6.45) is -0.332. The Balaban J connectivity index is 1.15. The largest absolute Gasteiger partial charge is 0.744 e. The molecule has 6 bridgehead atoms. The predicted molar refractivity (Wildman–Crippen MR) is 145 cm³/mol. The molecule has 0 radical (unpaired) electrons. The topological polar surface area (TPSA) is 162 Å². The third kappa shape index (κ3) is 4.30. The summed E-state index contributed by atoms with van der Waals surface area (Å²) >= 11 is 0. The van der Waals surface area contributed by atoms with Crippen LogP contribution in [0, 0.1) is 35.0 Å². The van der Waals surface area contributed by atoms with Crippen LogP contribution in [0.1, 0.15) is 82.8 Å². The number of hydrogen-bond acceptors (Lipinski definition) is 11. The number of fused-ring (bicyclic) bond motifs is 1. The van der Waals surface area contributed by atoms with Gasteiger partial charge in [-0.05, 0) is 73.1 Å². The van der Waals surface area contributed by atoms with E-state index in [9.17, 15) is 32.1 Å². The number of esters is 3. The van der Waals surface area contributed by atoms with E-state index in [-0.39, 0.29) is 51.2 Å². The van der Waals surface area contributed by atoms with E-state index in [1.807, 2.05) is 0 Å². The molecule has 4 aliphatic carbocycles. The van der Waals surface area contributed by atoms with Gasteiger partial charge in [-0.1, -0.05) is 27.7 Å². The molecule has 43 heavy (non-hydrogen) atoms. The van der Waals surface area contributed by atoms with Gasteiger partial charge in [-0.2, -0.15) is 0 Å². The third-order valence-electron chi connectivity index (χ3n) is 10.7. The van der Waals surface area contributed by atoms with Crippen molar-refractivity contribution in [2.24, 2.45) is 35.0 Å². The summed E-state index contributed by atoms with van der Waals surface area (Å²) < 4.78 is 60.0. The molecule has 1 aromatic rings. The van der Waals surface area contributed by atoms with Crippen LogP contribution in [-0.4, -0.2) is 61.1 Å². The van der Waals surface area contributed by atoms with Gasteiger partial charge in [-0.25, -0.2) is 8.42 Å². The lowest BCUT2D eigenvalue weighted by atomic mass is 9.49. The predicted octanol–water partition coefficient (Wildman–Crippen LogP) is 2.99. The van der Waals surface area contributed by atoms with Gasteiger partial charge in [0.25, 0.3) is 0 Å². The second-order valence-corrected chi connectivity index (χ2v) is 15.3. The number of carbonyl (C=O) groups excluding carboxylic acids is 4. The Morgan fingerprint density at radius 2 is 1.56 bits per heavy atom. The van der Waals surface area contributed by atoms with Crippen LogP contribution in [0.25, 0.3) is 0 Å². The van der Waals surface area contributed by atoms with Gasteiger partial charge in [0.2, 0.25) is 0 Å². The van der Waals surface area contributed by atoms with Crippen LogP contribution in [0.3, 0.4) is 0 Å². The van der Waals surface area contributed by atoms with Crippen molar-refractivity contribution < 1.29 is 51.1 Å². The van der Waals surface area contributed by atoms with E-state index in [4.69, 9.17) is 18.9 Å². The summed E-state index contributed by atoms with van der Waals surface area (Å²) in [6, 6.07) is 2.74. The van der Waals surface area contributed by atoms with Gasteiger partial charge in [0.1, 0.15) is 45.7 Å². The minimum Gasteiger partial charge on any atom is -0.744 e. The van der Waals surface area contributed by atoms with E-state index in [2.05, 4.69) is 0 Å². The Labute approximate surface area is 249 Å². The summed E-state index contributed by atoms with van der Waals surface area (Å²) in [4.78, 5) is 52.7. The number of hydrogen-bond donors (Lipinski definition) is 0. The number of ketones is 1. The Hall–Kier alpha value is -2.83. The summed E-state index contributed by atoms with van der Waals surface area (Å²) in [6.45, 7) is 6.93. The molecule has 7 aliphatic rings. The zero-order valence-corrected chi connectivity index (χ0v) is 25.3. The van der Waals surface area contributed by atoms with Crippen LogP contribution in [0.4, 0.5) is 0 Å². The minimum absolute atomic E-state index is 0.0438. The fourth-order valence-electron chi connectivity index (χ4n) is 9.02. The first-order valence-electron chi connectivity index (χ1n) is 15.1. The molecule has 0 aromatic heterocycles. The summed E-state index contributed by atoms with van der Waals surface area (Å²) in [7, 11) is -4.81. The second kappa shape index (κ2) is 9.58. The van der Waals surface area contributed by atoms with Crippen molar-refractivity contribution in [3.63, 3.8) is 0 Å². The van der Waals surface area contributed by atoms with E-state index >= 15 is 0 Å². The highest BCUT2D eigenvalue weighted by molar-refractivity contribution is 7.85. The highest BCUT2D eigenvalue weighted by Gasteiger charge is 2.72. The molecule has 0 amide bonds. The fourth-order valence-corrected chi connectivity index (χ4v) is 10.2. The second-order valence-electron chi connectivity index (χ2n) is 14.0. The van der Waals surface area contributed by atoms with Crippen molar-refractivity contribution in [3.8, 4) is 5.75 Å². The molecule has 0 spiro atoms. The average Bonchev–Trinajstić information content (AvgIpc) is 3.54. The average molecular weight is 616 g/mol. The zero-order valence-electron chi connectivity index (χ0n) is 24.4. The summed E-state index contributed by atoms with van der Waals surface area (Å²) in [5.41, 5.74) is -0.294. The van der Waals surface area contributed by atoms with Crippen molar-refractivity contribution in [1.29, 1.82) is 0 Å². The highest BCUT2D eigenvalue weighted by Crippen LogP contribution is 2.60. The van der Waals surface area contributed by atoms with E-state index in [1.165, 1.54) is 12.1 Å². The molecule has 12 heteroatoms. The molecule has 8 rings (SSSR count). The minimum atomic E-state index is -4.81. The van der Waals surface area contributed by atoms with E-state index < -0.39 is 69.7 Å². The molecule has 232 valence electrons. The van der Waals surface area contributed by atoms with Gasteiger partial charge >= 0.3 is 17.9 Å². The SMILES string of the molecule is CC(C)c1cc(OC(=O)C2C3OC4C(OC(=O)C42)C3OC(=O)C23CC4CC(C2)C(=O)C(C4)C3)cc(C(C)C)c1S(=O)(=O)[O-]. The summed E-state index contributed by atoms with van der Waals surface area (Å²) in [5, 5.41) is 0. The first-order chi connectivity index (χ1) is 20.2. The summed E-state index contributed by atoms with van der Waals surface area (Å²) in [5.74, 6) is -4.26. The standard InChI is InChI=1S/C31H36O11S/c1-12(2)18-7-17(8-19(13(3)4)27(18)43(36,37)38)39-28(33)20-21-23-25(41-29(21)34)26(24(20)40-23)42-30(35)31-9-14-5-15(10-31)22(32)16(6-14)11-31/h7-8,12-16,20-21,23-26H,5-6,9-11H2,1-4H3,(H,36,37,38)/p-1. The molecule has 4 saturated carbocycles. The molecule has 1 aromatic carbocycles. The molecule has 11 nitrogen and oxygen atoms in total. The molecule has 3 aliphatic heterocycles. The number of rotatable bonds is 7. The Morgan fingerprint density at radius 1 is 0.953 bits per heavy atom. The van der Waals surface area contributed by atoms with E-state index in [0.717, 1.165) is 12.8 Å². The third-order valence-corrected chi connectivity index (χ3v) is 11.7. The Bertz CT molecular complexity index is 1500. The maximum Gasteiger partial charge on any atom is 0.318 e. The molecule has 7 fully saturated rings. The zero-order chi connectivity index (χ0) is 30.7. The quantitative estimate of drug-likeness (QED) is 0.252. The molecule has 8 unspecified atom stereocenters. The smallest absolute Gasteiger partial charge is 0.318 e. The lowest BCUT2D eigenvalue weighted by Crippen LogP contribution is -2.56. The van der Waals surface area contributed by atoms with Crippen molar-refractivity contribution in [1.82, 2.24) is 0 Å². The first kappa shape index (κ1) is 28.9. The van der Waals surface area contributed by atoms with Crippen LogP contribution in [0.5, 0.6) is 5.75 Å². The molecule has 3 heterocycles. The molecule has 0 N–H and O–H groups in total. The van der Waals surface area contributed by atoms with Crippen molar-refractivity contribution in [2.45, 2.75) is 101 Å². The number of Topliss-reactive ketones (excluding diaryl/α,β-unsaturated/α-hetero) is 1. The molecular weight excluding hydrogens is 580 g/mol. The maximum atomic E-state index is 13.8. The molecule has 3 saturated heterocycles. The molecule has 8 atom stereocenters. The van der Waals surface area contributed by atoms with Gasteiger partial charge in [0, 0.05) is 11.8 Å². The molecular formula is C31H35O11S-. The first-order valence-corrected chi connectivity index (χ1v) is 16.6. The number of benzene rings is 1. The fraction of sp³-hybridized carbons (Fsp3) is 0.677. The van der Waals surface area contributed by atoms with Gasteiger partial charge in [0.05, 0.1) is 10.3 Å². The normalized spacial score (nSPS) is 38.7. The van der Waals surface area contributed by atoms with E-state index in [0.29, 0.717) is 25.2 Å². The van der Waals surface area contributed by atoms with Gasteiger partial charge < -0.3 is 23.5 Å². The van der Waals surface area contributed by atoms with Crippen LogP contribution in [0.15, 0.2) is 17.0 Å². The number of carbonyl (C=O) groups is 4. The van der Waals surface area contributed by atoms with Crippen molar-refractivity contribution in [2.75, 3.05) is 0 Å². The van der Waals surface area contributed by atoms with Crippen molar-refractivity contribution >= 4 is 33.8 Å². The highest BCUT2D eigenvalue weighted by atomic mass is 32.2. The Morgan fingerprint density at radius 3 is 2.12 bits per heavy atom. The maximum absolute atomic E-state index is 13.8. The van der Waals surface area contributed by atoms with Gasteiger partial charge in [0.15, 0.2) is 12.2 Å². The van der Waals surface area contributed by atoms with Gasteiger partial charge in [-0.3, -0.25) is 19.2 Å². The number of ether oxygens (including phenoxy) is 4. The van der Waals surface area contributed by atoms with Crippen molar-refractivity contribution in [3.05, 3.63) is 23.3 Å². The lowest BCUT2D eigenvalue weighted by molar-refractivity contribution is -0.186. The lowest BCUT2D eigenvalue weighted by Gasteiger charge is -2.54. The van der Waals surface area contributed by atoms with Crippen LogP contribution in [-0.2, 0) is 43.5 Å². The Kier molecular flexibility index (Phi) is 6.44.